The van der Waals surface area contributed by atoms with Crippen molar-refractivity contribution in [3.8, 4) is 0 Å². The molecule has 0 unspecified atom stereocenters. The van der Waals surface area contributed by atoms with E-state index in [1.807, 2.05) is 0 Å². The molecule has 0 fully saturated rings. The average molecular weight is 204 g/mol. The molecule has 0 aliphatic rings. The van der Waals surface area contributed by atoms with Gasteiger partial charge < -0.3 is 9.40 Å². The lowest BCUT2D eigenvalue weighted by molar-refractivity contribution is 0.604. The van der Waals surface area contributed by atoms with Gasteiger partial charge in [0.05, 0.1) is 5.52 Å². The van der Waals surface area contributed by atoms with E-state index in [4.69, 9.17) is 4.42 Å². The third-order valence-electron chi connectivity index (χ3n) is 2.28. The minimum Gasteiger partial charge on any atom is -0.443 e. The second-order valence-corrected chi connectivity index (χ2v) is 3.15. The number of oxazole rings is 1. The van der Waals surface area contributed by atoms with Gasteiger partial charge in [-0.3, -0.25) is 4.79 Å². The first-order chi connectivity index (χ1) is 7.27. The largest absolute Gasteiger partial charge is 0.443 e. The third-order valence-corrected chi connectivity index (χ3v) is 2.28. The summed E-state index contributed by atoms with van der Waals surface area (Å²) in [6.45, 7) is 0. The number of para-hydroxylation sites is 1. The number of nitrogens with one attached hydrogen (secondary N) is 1. The first-order valence-electron chi connectivity index (χ1n) is 4.31. The number of rotatable bonds is 0. The van der Waals surface area contributed by atoms with Crippen molar-refractivity contribution in [2.24, 2.45) is 0 Å². The van der Waals surface area contributed by atoms with E-state index in [2.05, 4.69) is 9.97 Å². The van der Waals surface area contributed by atoms with Crippen LogP contribution in [0.5, 0.6) is 0 Å². The number of fused-ring (bicyclic) bond motifs is 3. The minimum atomic E-state index is -0.483. The van der Waals surface area contributed by atoms with Gasteiger partial charge in [0.25, 0.3) is 5.56 Å². The monoisotopic (exact) mass is 204 g/mol. The van der Waals surface area contributed by atoms with Crippen LogP contribution in [0, 0.1) is 5.82 Å². The number of aromatic amines is 1. The van der Waals surface area contributed by atoms with E-state index in [9.17, 15) is 9.18 Å². The second-order valence-electron chi connectivity index (χ2n) is 3.15. The predicted molar refractivity (Wildman–Crippen MR) is 52.1 cm³/mol. The van der Waals surface area contributed by atoms with Crippen LogP contribution in [-0.2, 0) is 0 Å². The molecule has 1 N–H and O–H groups in total. The van der Waals surface area contributed by atoms with Crippen molar-refractivity contribution in [2.45, 2.75) is 0 Å². The van der Waals surface area contributed by atoms with E-state index >= 15 is 0 Å². The lowest BCUT2D eigenvalue weighted by Gasteiger charge is -1.98. The summed E-state index contributed by atoms with van der Waals surface area (Å²) in [4.78, 5) is 17.7. The highest BCUT2D eigenvalue weighted by Gasteiger charge is 2.11. The number of benzene rings is 1. The summed E-state index contributed by atoms with van der Waals surface area (Å²) in [6, 6.07) is 4.50. The fourth-order valence-electron chi connectivity index (χ4n) is 1.61. The maximum absolute atomic E-state index is 13.4. The van der Waals surface area contributed by atoms with Crippen LogP contribution in [0.1, 0.15) is 0 Å². The molecule has 1 aromatic carbocycles. The molecule has 0 aliphatic heterocycles. The number of hydrogen-bond acceptors (Lipinski definition) is 3. The van der Waals surface area contributed by atoms with Gasteiger partial charge in [-0.05, 0) is 12.1 Å². The zero-order valence-electron chi connectivity index (χ0n) is 7.45. The van der Waals surface area contributed by atoms with E-state index in [1.165, 1.54) is 12.5 Å². The Bertz CT molecular complexity index is 714. The van der Waals surface area contributed by atoms with Gasteiger partial charge in [0.15, 0.2) is 17.5 Å². The Hall–Kier alpha value is -2.17. The van der Waals surface area contributed by atoms with Crippen LogP contribution in [0.25, 0.3) is 22.0 Å². The molecule has 0 radical (unpaired) electrons. The van der Waals surface area contributed by atoms with Gasteiger partial charge in [-0.1, -0.05) is 6.07 Å². The Morgan fingerprint density at radius 3 is 3.13 bits per heavy atom. The lowest BCUT2D eigenvalue weighted by Crippen LogP contribution is -2.06. The fraction of sp³-hybridized carbons (Fsp3) is 0. The molecule has 3 rings (SSSR count). The van der Waals surface area contributed by atoms with E-state index in [0.29, 0.717) is 11.0 Å². The first kappa shape index (κ1) is 8.16. The molecular weight excluding hydrogens is 199 g/mol. The van der Waals surface area contributed by atoms with Crippen molar-refractivity contribution in [1.82, 2.24) is 9.97 Å². The molecule has 2 aromatic heterocycles. The fourth-order valence-corrected chi connectivity index (χ4v) is 1.61. The van der Waals surface area contributed by atoms with Crippen LogP contribution >= 0.6 is 0 Å². The van der Waals surface area contributed by atoms with Crippen molar-refractivity contribution >= 4 is 22.0 Å². The lowest BCUT2D eigenvalue weighted by atomic mass is 10.2. The average Bonchev–Trinajstić information content (AvgIpc) is 2.69. The Balaban J connectivity index is 2.72. The Morgan fingerprint density at radius 1 is 1.40 bits per heavy atom. The Kier molecular flexibility index (Phi) is 1.45. The Morgan fingerprint density at radius 2 is 2.27 bits per heavy atom. The van der Waals surface area contributed by atoms with Crippen molar-refractivity contribution in [3.05, 3.63) is 40.8 Å². The summed E-state index contributed by atoms with van der Waals surface area (Å²) >= 11 is 0. The highest BCUT2D eigenvalue weighted by molar-refractivity contribution is 6.00. The molecule has 0 saturated carbocycles. The molecule has 0 atom stereocenters. The zero-order valence-corrected chi connectivity index (χ0v) is 7.45. The predicted octanol–water partition coefficient (Wildman–Crippen LogP) is 1.81. The molecule has 2 heterocycles. The van der Waals surface area contributed by atoms with Gasteiger partial charge in [0, 0.05) is 5.39 Å². The Labute approximate surface area is 82.4 Å². The van der Waals surface area contributed by atoms with Crippen molar-refractivity contribution in [2.75, 3.05) is 0 Å². The van der Waals surface area contributed by atoms with Gasteiger partial charge in [-0.25, -0.2) is 9.37 Å². The van der Waals surface area contributed by atoms with Gasteiger partial charge in [0.1, 0.15) is 5.82 Å². The van der Waals surface area contributed by atoms with Gasteiger partial charge in [-0.2, -0.15) is 0 Å². The number of pyridine rings is 1. The summed E-state index contributed by atoms with van der Waals surface area (Å²) < 4.78 is 18.4. The summed E-state index contributed by atoms with van der Waals surface area (Å²) in [5, 5.41) is 0.516. The van der Waals surface area contributed by atoms with E-state index in [1.54, 1.807) is 12.1 Å². The topological polar surface area (TPSA) is 58.9 Å². The van der Waals surface area contributed by atoms with Crippen molar-refractivity contribution < 1.29 is 8.81 Å². The van der Waals surface area contributed by atoms with Gasteiger partial charge >= 0.3 is 0 Å². The molecular formula is C10H5FN2O2. The summed E-state index contributed by atoms with van der Waals surface area (Å²) in [5.41, 5.74) is 0.199. The van der Waals surface area contributed by atoms with E-state index < -0.39 is 11.4 Å². The van der Waals surface area contributed by atoms with E-state index in [0.717, 1.165) is 0 Å². The zero-order chi connectivity index (χ0) is 10.4. The number of H-pyrrole nitrogens is 1. The molecule has 0 amide bonds. The second kappa shape index (κ2) is 2.66. The number of halogens is 1. The standard InChI is InChI=1S/C10H5FN2O2/c11-6-3-1-2-5-7(6)13-10(14)8-9(5)15-4-12-8/h1-4H,(H,13,14). The minimum absolute atomic E-state index is 0.145. The molecule has 0 spiro atoms. The number of aromatic nitrogens is 2. The highest BCUT2D eigenvalue weighted by atomic mass is 19.1. The molecule has 0 bridgehead atoms. The van der Waals surface area contributed by atoms with Crippen LogP contribution in [0.15, 0.2) is 33.8 Å². The molecule has 0 saturated heterocycles. The molecule has 74 valence electrons. The van der Waals surface area contributed by atoms with Crippen LogP contribution in [0.3, 0.4) is 0 Å². The third kappa shape index (κ3) is 0.999. The van der Waals surface area contributed by atoms with Gasteiger partial charge in [0.2, 0.25) is 0 Å². The molecule has 3 aromatic rings. The number of hydrogen-bond donors (Lipinski definition) is 1. The van der Waals surface area contributed by atoms with Crippen LogP contribution in [0.4, 0.5) is 4.39 Å². The van der Waals surface area contributed by atoms with Crippen molar-refractivity contribution in [1.29, 1.82) is 0 Å². The van der Waals surface area contributed by atoms with Crippen LogP contribution < -0.4 is 5.56 Å². The molecule has 0 aliphatic carbocycles. The number of nitrogens with zero attached hydrogens (tertiary/aromatic N) is 1. The summed E-state index contributed by atoms with van der Waals surface area (Å²) in [5.74, 6) is -0.483. The molecule has 4 nitrogen and oxygen atoms in total. The SMILES string of the molecule is O=c1[nH]c2c(F)cccc2c2ocnc12. The smallest absolute Gasteiger partial charge is 0.278 e. The van der Waals surface area contributed by atoms with Crippen LogP contribution in [0.2, 0.25) is 0 Å². The summed E-state index contributed by atoms with van der Waals surface area (Å²) in [7, 11) is 0. The highest BCUT2D eigenvalue weighted by Crippen LogP contribution is 2.21. The maximum Gasteiger partial charge on any atom is 0.278 e. The quantitative estimate of drug-likeness (QED) is 0.607. The normalized spacial score (nSPS) is 11.3. The first-order valence-corrected chi connectivity index (χ1v) is 4.31. The molecule has 5 heteroatoms. The van der Waals surface area contributed by atoms with Crippen LogP contribution in [-0.4, -0.2) is 9.97 Å². The maximum atomic E-state index is 13.4. The van der Waals surface area contributed by atoms with Gasteiger partial charge in [-0.15, -0.1) is 0 Å². The summed E-state index contributed by atoms with van der Waals surface area (Å²) in [6.07, 6.45) is 1.17. The molecule has 15 heavy (non-hydrogen) atoms. The van der Waals surface area contributed by atoms with Crippen molar-refractivity contribution in [3.63, 3.8) is 0 Å². The van der Waals surface area contributed by atoms with E-state index in [-0.39, 0.29) is 11.0 Å².